The highest BCUT2D eigenvalue weighted by Crippen LogP contribution is 2.28. The van der Waals surface area contributed by atoms with E-state index in [9.17, 15) is 9.90 Å². The lowest BCUT2D eigenvalue weighted by Gasteiger charge is -2.14. The maximum Gasteiger partial charge on any atom is 0.311 e. The van der Waals surface area contributed by atoms with Gasteiger partial charge in [-0.05, 0) is 51.7 Å². The molecule has 2 aromatic rings. The number of aromatic nitrogens is 1. The first-order valence-electron chi connectivity index (χ1n) is 6.07. The van der Waals surface area contributed by atoms with Crippen LogP contribution in [0.25, 0.3) is 0 Å². The topological polar surface area (TPSA) is 59.4 Å². The summed E-state index contributed by atoms with van der Waals surface area (Å²) in [7, 11) is 1.59. The molecule has 1 aromatic heterocycles. The number of nitrogens with zero attached hydrogens (tertiary/aromatic N) is 1. The summed E-state index contributed by atoms with van der Waals surface area (Å²) >= 11 is 3.36. The Hall–Kier alpha value is -1.88. The zero-order valence-electron chi connectivity index (χ0n) is 10.9. The van der Waals surface area contributed by atoms with Crippen molar-refractivity contribution in [1.29, 1.82) is 0 Å². The van der Waals surface area contributed by atoms with Crippen LogP contribution in [0.1, 0.15) is 17.0 Å². The molecule has 1 aromatic carbocycles. The minimum Gasteiger partial charge on any atom is -0.497 e. The molecule has 0 spiro atoms. The number of rotatable bonds is 5. The third kappa shape index (κ3) is 3.36. The van der Waals surface area contributed by atoms with Crippen LogP contribution >= 0.6 is 15.9 Å². The summed E-state index contributed by atoms with van der Waals surface area (Å²) in [5, 5.41) is 9.47. The molecule has 1 atom stereocenters. The van der Waals surface area contributed by atoms with Gasteiger partial charge >= 0.3 is 5.97 Å². The Balaban J connectivity index is 2.31. The number of ether oxygens (including phenoxy) is 1. The molecule has 20 heavy (non-hydrogen) atoms. The van der Waals surface area contributed by atoms with E-state index >= 15 is 0 Å². The highest BCUT2D eigenvalue weighted by atomic mass is 79.9. The number of aliphatic carboxylic acids is 1. The Morgan fingerprint density at radius 1 is 1.45 bits per heavy atom. The lowest BCUT2D eigenvalue weighted by Crippen LogP contribution is -2.15. The van der Waals surface area contributed by atoms with Gasteiger partial charge in [0.15, 0.2) is 0 Å². The van der Waals surface area contributed by atoms with Crippen molar-refractivity contribution in [3.05, 3.63) is 58.3 Å². The molecule has 1 N–H and O–H groups in total. The van der Waals surface area contributed by atoms with Gasteiger partial charge in [0.1, 0.15) is 5.75 Å². The van der Waals surface area contributed by atoms with Crippen LogP contribution in [0.2, 0.25) is 0 Å². The van der Waals surface area contributed by atoms with Gasteiger partial charge in [-0.15, -0.1) is 0 Å². The van der Waals surface area contributed by atoms with Crippen molar-refractivity contribution >= 4 is 21.9 Å². The van der Waals surface area contributed by atoms with Gasteiger partial charge in [0.2, 0.25) is 0 Å². The molecule has 0 aliphatic heterocycles. The fourth-order valence-electron chi connectivity index (χ4n) is 2.03. The van der Waals surface area contributed by atoms with Crippen LogP contribution in [0.4, 0.5) is 0 Å². The number of carbonyl (C=O) groups is 1. The van der Waals surface area contributed by atoms with Crippen LogP contribution < -0.4 is 4.74 Å². The van der Waals surface area contributed by atoms with Crippen molar-refractivity contribution in [3.8, 4) is 5.75 Å². The van der Waals surface area contributed by atoms with Crippen LogP contribution in [0.3, 0.4) is 0 Å². The van der Waals surface area contributed by atoms with Gasteiger partial charge in [0, 0.05) is 16.9 Å². The van der Waals surface area contributed by atoms with Crippen molar-refractivity contribution in [2.75, 3.05) is 7.11 Å². The van der Waals surface area contributed by atoms with Crippen LogP contribution in [0, 0.1) is 0 Å². The summed E-state index contributed by atoms with van der Waals surface area (Å²) in [6.07, 6.45) is 3.60. The van der Waals surface area contributed by atoms with E-state index in [0.717, 1.165) is 16.9 Å². The second kappa shape index (κ2) is 6.52. The first kappa shape index (κ1) is 14.5. The zero-order valence-corrected chi connectivity index (χ0v) is 12.5. The molecule has 104 valence electrons. The quantitative estimate of drug-likeness (QED) is 0.910. The minimum absolute atomic E-state index is 0.398. The molecular formula is C15H14BrNO3. The van der Waals surface area contributed by atoms with E-state index in [1.54, 1.807) is 25.6 Å². The number of methoxy groups -OCH3 is 1. The van der Waals surface area contributed by atoms with Gasteiger partial charge in [0.25, 0.3) is 0 Å². The van der Waals surface area contributed by atoms with E-state index in [2.05, 4.69) is 20.9 Å². The van der Waals surface area contributed by atoms with E-state index < -0.39 is 11.9 Å². The number of halogens is 1. The third-order valence-electron chi connectivity index (χ3n) is 3.05. The predicted molar refractivity (Wildman–Crippen MR) is 79.0 cm³/mol. The van der Waals surface area contributed by atoms with Crippen molar-refractivity contribution in [3.63, 3.8) is 0 Å². The minimum atomic E-state index is -0.861. The number of hydrogen-bond acceptors (Lipinski definition) is 3. The highest BCUT2D eigenvalue weighted by molar-refractivity contribution is 9.10. The van der Waals surface area contributed by atoms with E-state index in [1.807, 2.05) is 24.3 Å². The van der Waals surface area contributed by atoms with E-state index in [-0.39, 0.29) is 0 Å². The third-order valence-corrected chi connectivity index (χ3v) is 3.71. The lowest BCUT2D eigenvalue weighted by molar-refractivity contribution is -0.138. The van der Waals surface area contributed by atoms with Gasteiger partial charge in [0.05, 0.1) is 13.0 Å². The molecule has 4 nitrogen and oxygen atoms in total. The van der Waals surface area contributed by atoms with Gasteiger partial charge in [-0.25, -0.2) is 0 Å². The second-order valence-electron chi connectivity index (χ2n) is 4.34. The summed E-state index contributed by atoms with van der Waals surface area (Å²) in [4.78, 5) is 15.5. The summed E-state index contributed by atoms with van der Waals surface area (Å²) < 4.78 is 5.86. The molecular weight excluding hydrogens is 322 g/mol. The maximum atomic E-state index is 11.5. The molecule has 1 unspecified atom stereocenters. The molecule has 5 heteroatoms. The maximum absolute atomic E-state index is 11.5. The van der Waals surface area contributed by atoms with E-state index in [0.29, 0.717) is 10.9 Å². The predicted octanol–water partition coefficient (Wildman–Crippen LogP) is 3.26. The van der Waals surface area contributed by atoms with E-state index in [4.69, 9.17) is 4.74 Å². The van der Waals surface area contributed by atoms with Crippen molar-refractivity contribution in [1.82, 2.24) is 4.98 Å². The first-order valence-corrected chi connectivity index (χ1v) is 6.86. The summed E-state index contributed by atoms with van der Waals surface area (Å²) in [6, 6.07) is 9.16. The second-order valence-corrected chi connectivity index (χ2v) is 5.20. The number of carboxylic acids is 1. The van der Waals surface area contributed by atoms with Crippen molar-refractivity contribution in [2.24, 2.45) is 0 Å². The van der Waals surface area contributed by atoms with Gasteiger partial charge in [-0.2, -0.15) is 0 Å². The van der Waals surface area contributed by atoms with E-state index in [1.165, 1.54) is 0 Å². The van der Waals surface area contributed by atoms with Crippen molar-refractivity contribution in [2.45, 2.75) is 12.3 Å². The number of hydrogen-bond donors (Lipinski definition) is 1. The average Bonchev–Trinajstić information content (AvgIpc) is 2.45. The summed E-state index contributed by atoms with van der Waals surface area (Å²) in [6.45, 7) is 0. The normalized spacial score (nSPS) is 11.9. The molecule has 0 aliphatic carbocycles. The lowest BCUT2D eigenvalue weighted by atomic mass is 9.93. The SMILES string of the molecule is COc1cccc(CC(C(=O)O)c2ccncc2Br)c1. The van der Waals surface area contributed by atoms with Crippen LogP contribution in [0.15, 0.2) is 47.2 Å². The van der Waals surface area contributed by atoms with Crippen LogP contribution in [-0.4, -0.2) is 23.2 Å². The Morgan fingerprint density at radius 3 is 2.90 bits per heavy atom. The molecule has 0 bridgehead atoms. The molecule has 0 radical (unpaired) electrons. The molecule has 0 fully saturated rings. The number of carboxylic acid groups (broad SMARTS) is 1. The Morgan fingerprint density at radius 2 is 2.25 bits per heavy atom. The summed E-state index contributed by atoms with van der Waals surface area (Å²) in [5.41, 5.74) is 1.63. The smallest absolute Gasteiger partial charge is 0.311 e. The van der Waals surface area contributed by atoms with Crippen LogP contribution in [-0.2, 0) is 11.2 Å². The Labute approximate surface area is 125 Å². The average molecular weight is 336 g/mol. The Kier molecular flexibility index (Phi) is 4.74. The zero-order chi connectivity index (χ0) is 14.5. The molecule has 2 rings (SSSR count). The fraction of sp³-hybridized carbons (Fsp3) is 0.200. The number of benzene rings is 1. The molecule has 0 saturated carbocycles. The largest absolute Gasteiger partial charge is 0.497 e. The first-order chi connectivity index (χ1) is 9.61. The molecule has 0 saturated heterocycles. The Bertz CT molecular complexity index is 616. The molecule has 0 amide bonds. The van der Waals surface area contributed by atoms with Gasteiger partial charge in [-0.3, -0.25) is 9.78 Å². The highest BCUT2D eigenvalue weighted by Gasteiger charge is 2.22. The monoisotopic (exact) mass is 335 g/mol. The fourth-order valence-corrected chi connectivity index (χ4v) is 2.56. The van der Waals surface area contributed by atoms with Gasteiger partial charge in [-0.1, -0.05) is 12.1 Å². The standard InChI is InChI=1S/C15H14BrNO3/c1-20-11-4-2-3-10(7-11)8-13(15(18)19)12-5-6-17-9-14(12)16/h2-7,9,13H,8H2,1H3,(H,18,19). The molecule has 0 aliphatic rings. The van der Waals surface area contributed by atoms with Crippen LogP contribution in [0.5, 0.6) is 5.75 Å². The summed E-state index contributed by atoms with van der Waals surface area (Å²) in [5.74, 6) is -0.764. The molecule has 1 heterocycles. The van der Waals surface area contributed by atoms with Gasteiger partial charge < -0.3 is 9.84 Å². The number of pyridine rings is 1. The van der Waals surface area contributed by atoms with Crippen molar-refractivity contribution < 1.29 is 14.6 Å².